The molecular formula is C60H53N3O. The molecule has 0 radical (unpaired) electrons. The smallest absolute Gasteiger partial charge is 0.150 e. The van der Waals surface area contributed by atoms with Gasteiger partial charge in [-0.3, -0.25) is 9.38 Å². The molecule has 3 heterocycles. The molecular weight excluding hydrogens is 779 g/mol. The summed E-state index contributed by atoms with van der Waals surface area (Å²) in [6, 6.07) is 49.6. The first kappa shape index (κ1) is 38.9. The van der Waals surface area contributed by atoms with Gasteiger partial charge in [-0.25, -0.2) is 4.98 Å². The van der Waals surface area contributed by atoms with Crippen molar-refractivity contribution in [3.05, 3.63) is 190 Å². The molecule has 1 N–H and O–H groups in total. The zero-order valence-corrected chi connectivity index (χ0v) is 38.2. The maximum absolute atomic E-state index is 12.9. The minimum atomic E-state index is -0.316. The Labute approximate surface area is 375 Å². The zero-order chi connectivity index (χ0) is 44.2. The van der Waals surface area contributed by atoms with Crippen molar-refractivity contribution in [2.24, 2.45) is 0 Å². The topological polar surface area (TPSA) is 50.4 Å². The fourth-order valence-corrected chi connectivity index (χ4v) is 11.4. The highest BCUT2D eigenvalue weighted by Crippen LogP contribution is 2.57. The van der Waals surface area contributed by atoms with Gasteiger partial charge in [-0.15, -0.1) is 0 Å². The van der Waals surface area contributed by atoms with Crippen LogP contribution >= 0.6 is 0 Å². The van der Waals surface area contributed by atoms with E-state index in [4.69, 9.17) is 9.97 Å². The number of aromatic hydroxyl groups is 1. The molecule has 7 aromatic carbocycles. The molecule has 0 spiro atoms. The summed E-state index contributed by atoms with van der Waals surface area (Å²) in [7, 11) is 0. The lowest BCUT2D eigenvalue weighted by molar-refractivity contribution is 0.451. The van der Waals surface area contributed by atoms with Crippen molar-refractivity contribution >= 4 is 49.1 Å². The molecule has 314 valence electrons. The van der Waals surface area contributed by atoms with Crippen LogP contribution in [0.4, 0.5) is 0 Å². The Balaban J connectivity index is 1.23. The molecule has 0 fully saturated rings. The maximum atomic E-state index is 12.9. The first-order valence-corrected chi connectivity index (χ1v) is 22.9. The number of phenols is 1. The third-order valence-electron chi connectivity index (χ3n) is 14.5. The average molecular weight is 832 g/mol. The predicted octanol–water partition coefficient (Wildman–Crippen LogP) is 15.3. The van der Waals surface area contributed by atoms with Crippen molar-refractivity contribution in [1.82, 2.24) is 14.4 Å². The van der Waals surface area contributed by atoms with E-state index in [1.807, 2.05) is 6.20 Å². The first-order chi connectivity index (χ1) is 30.6. The molecule has 4 nitrogen and oxygen atoms in total. The lowest BCUT2D eigenvalue weighted by Gasteiger charge is -2.42. The monoisotopic (exact) mass is 831 g/mol. The SMILES string of the molecule is CC(C)(C)c1cc(-c2nccc3ccccc23)cc(-c2cccc3c2nc2c4c(O)c(C(C)(C)C)cc(C(C)(C)C)c4c4cc5c(cc4n32)C2c3ccccc3C5c3ccccc32)c1. The molecule has 64 heavy (non-hydrogen) atoms. The number of nitrogens with zero attached hydrogens (tertiary/aromatic N) is 3. The Bertz CT molecular complexity index is 3590. The van der Waals surface area contributed by atoms with Gasteiger partial charge in [0.25, 0.3) is 0 Å². The molecule has 3 aromatic heterocycles. The maximum Gasteiger partial charge on any atom is 0.150 e. The fourth-order valence-electron chi connectivity index (χ4n) is 11.4. The van der Waals surface area contributed by atoms with Crippen molar-refractivity contribution in [3.63, 3.8) is 0 Å². The molecule has 0 unspecified atom stereocenters. The Hall–Kier alpha value is -6.78. The molecule has 3 aliphatic carbocycles. The first-order valence-electron chi connectivity index (χ1n) is 22.9. The standard InChI is InChI=1S/C60H53N3O/c1-58(2,3)36-28-34(27-35(29-36)54-37-18-11-10-17-33(37)25-26-61-54)38-23-16-24-48-55(38)62-57-53-52(46(59(4,5)6)32-47(56(53)64)60(7,8)9)45-30-43-44(31-49(45)63(48)57)51-41-21-14-12-19-39(41)50(43)40-20-13-15-22-42(40)51/h10-32,50-51,64H,1-9H3. The summed E-state index contributed by atoms with van der Waals surface area (Å²) in [4.78, 5) is 10.7. The number of imidazole rings is 1. The molecule has 0 saturated heterocycles. The van der Waals surface area contributed by atoms with Crippen LogP contribution in [-0.4, -0.2) is 19.5 Å². The summed E-state index contributed by atoms with van der Waals surface area (Å²) >= 11 is 0. The van der Waals surface area contributed by atoms with Crippen molar-refractivity contribution in [2.75, 3.05) is 0 Å². The number of benzene rings is 7. The van der Waals surface area contributed by atoms with Crippen LogP contribution in [0.3, 0.4) is 0 Å². The molecule has 2 bridgehead atoms. The van der Waals surface area contributed by atoms with Crippen LogP contribution in [-0.2, 0) is 16.2 Å². The third kappa shape index (κ3) is 5.47. The van der Waals surface area contributed by atoms with Crippen molar-refractivity contribution in [2.45, 2.75) is 90.4 Å². The Morgan fingerprint density at radius 2 is 1.11 bits per heavy atom. The highest BCUT2D eigenvalue weighted by atomic mass is 16.3. The van der Waals surface area contributed by atoms with Crippen molar-refractivity contribution < 1.29 is 5.11 Å². The Morgan fingerprint density at radius 1 is 0.500 bits per heavy atom. The van der Waals surface area contributed by atoms with Gasteiger partial charge in [0.05, 0.1) is 27.6 Å². The minimum absolute atomic E-state index is 0.118. The van der Waals surface area contributed by atoms with Crippen molar-refractivity contribution in [3.8, 4) is 28.1 Å². The van der Waals surface area contributed by atoms with Crippen LogP contribution in [0.15, 0.2) is 140 Å². The molecule has 0 amide bonds. The minimum Gasteiger partial charge on any atom is -0.507 e. The number of aromatic nitrogens is 3. The van der Waals surface area contributed by atoms with Crippen molar-refractivity contribution in [1.29, 1.82) is 0 Å². The van der Waals surface area contributed by atoms with Crippen LogP contribution in [0.25, 0.3) is 71.5 Å². The van der Waals surface area contributed by atoms with E-state index in [9.17, 15) is 5.11 Å². The van der Waals surface area contributed by atoms with Gasteiger partial charge < -0.3 is 5.11 Å². The van der Waals surface area contributed by atoms with Gasteiger partial charge in [0.15, 0.2) is 0 Å². The number of hydrogen-bond acceptors (Lipinski definition) is 3. The molecule has 0 atom stereocenters. The molecule has 0 saturated carbocycles. The van der Waals surface area contributed by atoms with E-state index < -0.39 is 0 Å². The Morgan fingerprint density at radius 3 is 1.75 bits per heavy atom. The summed E-state index contributed by atoms with van der Waals surface area (Å²) in [5.41, 5.74) is 19.0. The second kappa shape index (κ2) is 13.1. The summed E-state index contributed by atoms with van der Waals surface area (Å²) in [5, 5.41) is 18.2. The Kier molecular flexibility index (Phi) is 7.98. The normalized spacial score (nSPS) is 16.0. The summed E-state index contributed by atoms with van der Waals surface area (Å²) < 4.78 is 2.37. The van der Waals surface area contributed by atoms with E-state index in [1.165, 1.54) is 49.9 Å². The van der Waals surface area contributed by atoms with Crippen LogP contribution in [0.2, 0.25) is 0 Å². The average Bonchev–Trinajstić information content (AvgIpc) is 3.67. The van der Waals surface area contributed by atoms with E-state index >= 15 is 0 Å². The number of rotatable bonds is 2. The highest BCUT2D eigenvalue weighted by molar-refractivity contribution is 6.19. The molecule has 10 aromatic rings. The van der Waals surface area contributed by atoms with Gasteiger partial charge in [-0.05, 0) is 108 Å². The fraction of sp³-hybridized carbons (Fsp3) is 0.233. The lowest BCUT2D eigenvalue weighted by Crippen LogP contribution is -2.27. The molecule has 4 heteroatoms. The summed E-state index contributed by atoms with van der Waals surface area (Å²) in [6.07, 6.45) is 1.92. The van der Waals surface area contributed by atoms with Crippen LogP contribution < -0.4 is 0 Å². The van der Waals surface area contributed by atoms with E-state index in [0.717, 1.165) is 71.7 Å². The number of phenolic OH excluding ortho intramolecular Hbond substituents is 1. The number of pyridine rings is 2. The van der Waals surface area contributed by atoms with Crippen LogP contribution in [0.1, 0.15) is 124 Å². The van der Waals surface area contributed by atoms with E-state index in [0.29, 0.717) is 5.75 Å². The predicted molar refractivity (Wildman–Crippen MR) is 266 cm³/mol. The van der Waals surface area contributed by atoms with Gasteiger partial charge in [-0.2, -0.15) is 0 Å². The number of para-hydroxylation sites is 1. The van der Waals surface area contributed by atoms with E-state index in [-0.39, 0.29) is 28.1 Å². The number of hydrogen-bond donors (Lipinski definition) is 1. The highest BCUT2D eigenvalue weighted by Gasteiger charge is 2.42. The van der Waals surface area contributed by atoms with Gasteiger partial charge >= 0.3 is 0 Å². The number of fused-ring (bicyclic) bond motifs is 9. The zero-order valence-electron chi connectivity index (χ0n) is 38.2. The summed E-state index contributed by atoms with van der Waals surface area (Å²) in [5.74, 6) is 0.552. The largest absolute Gasteiger partial charge is 0.507 e. The van der Waals surface area contributed by atoms with E-state index in [2.05, 4.69) is 200 Å². The van der Waals surface area contributed by atoms with Crippen LogP contribution in [0, 0.1) is 0 Å². The lowest BCUT2D eigenvalue weighted by atomic mass is 9.61. The van der Waals surface area contributed by atoms with Crippen LogP contribution in [0.5, 0.6) is 5.75 Å². The van der Waals surface area contributed by atoms with Gasteiger partial charge in [0, 0.05) is 50.9 Å². The second-order valence-electron chi connectivity index (χ2n) is 21.6. The molecule has 3 aliphatic rings. The molecule has 0 aliphatic heterocycles. The van der Waals surface area contributed by atoms with Gasteiger partial charge in [-0.1, -0.05) is 159 Å². The third-order valence-corrected chi connectivity index (χ3v) is 14.5. The molecule has 13 rings (SSSR count). The van der Waals surface area contributed by atoms with E-state index in [1.54, 1.807) is 0 Å². The summed E-state index contributed by atoms with van der Waals surface area (Å²) in [6.45, 7) is 20.4. The van der Waals surface area contributed by atoms with Gasteiger partial charge in [0.2, 0.25) is 0 Å². The van der Waals surface area contributed by atoms with Gasteiger partial charge in [0.1, 0.15) is 11.4 Å². The second-order valence-corrected chi connectivity index (χ2v) is 21.6. The quantitative estimate of drug-likeness (QED) is 0.177.